The second-order valence-electron chi connectivity index (χ2n) is 6.77. The van der Waals surface area contributed by atoms with Crippen LogP contribution in [0.5, 0.6) is 0 Å². The van der Waals surface area contributed by atoms with Gasteiger partial charge in [-0.3, -0.25) is 0 Å². The lowest BCUT2D eigenvalue weighted by atomic mass is 10.2. The summed E-state index contributed by atoms with van der Waals surface area (Å²) in [6.07, 6.45) is -9.57. The molecule has 18 heavy (non-hydrogen) atoms. The van der Waals surface area contributed by atoms with Gasteiger partial charge in [0.05, 0.1) is 27.2 Å². The molecule has 110 valence electrons. The molecular weight excluding hydrogens is 290 g/mol. The van der Waals surface area contributed by atoms with Gasteiger partial charge in [-0.05, 0) is 0 Å². The Labute approximate surface area is 106 Å². The molecule has 0 spiro atoms. The van der Waals surface area contributed by atoms with Crippen LogP contribution in [0.25, 0.3) is 0 Å². The molecule has 0 bridgehead atoms. The van der Waals surface area contributed by atoms with Crippen LogP contribution in [0.4, 0.5) is 26.3 Å². The van der Waals surface area contributed by atoms with E-state index >= 15 is 0 Å². The molecule has 0 nitrogen and oxygen atoms in total. The van der Waals surface area contributed by atoms with E-state index in [1.54, 1.807) is 0 Å². The third kappa shape index (κ3) is 4.60. The first-order valence-electron chi connectivity index (χ1n) is 5.62. The Bertz CT molecular complexity index is 223. The van der Waals surface area contributed by atoms with Crippen LogP contribution in [0, 0.1) is 0 Å². The van der Waals surface area contributed by atoms with Crippen molar-refractivity contribution in [1.29, 1.82) is 0 Å². The van der Waals surface area contributed by atoms with Gasteiger partial charge in [-0.2, -0.15) is 26.3 Å². The van der Waals surface area contributed by atoms with E-state index in [2.05, 4.69) is 0 Å². The predicted octanol–water partition coefficient (Wildman–Crippen LogP) is 5.53. The summed E-state index contributed by atoms with van der Waals surface area (Å²) in [6.45, 7) is 8.11. The first-order chi connectivity index (χ1) is 7.49. The summed E-state index contributed by atoms with van der Waals surface area (Å²) in [5, 5.41) is 0. The Kier molecular flexibility index (Phi) is 4.85. The second-order valence-corrected chi connectivity index (χ2v) is 17.5. The Hall–Kier alpha value is 0.0138. The van der Waals surface area contributed by atoms with Gasteiger partial charge < -0.3 is 0 Å². The molecule has 0 saturated carbocycles. The Morgan fingerprint density at radius 1 is 0.556 bits per heavy atom. The van der Waals surface area contributed by atoms with Gasteiger partial charge in [-0.1, -0.05) is 39.3 Å². The zero-order valence-electron chi connectivity index (χ0n) is 11.4. The molecule has 0 fully saturated rings. The van der Waals surface area contributed by atoms with Crippen molar-refractivity contribution < 1.29 is 26.3 Å². The summed E-state index contributed by atoms with van der Waals surface area (Å²) in [5.74, 6) is 0. The molecule has 0 aromatic rings. The van der Waals surface area contributed by atoms with Gasteiger partial charge in [-0.15, -0.1) is 0 Å². The van der Waals surface area contributed by atoms with Crippen molar-refractivity contribution >= 4 is 16.1 Å². The van der Waals surface area contributed by atoms with E-state index in [-0.39, 0.29) is 0 Å². The summed E-state index contributed by atoms with van der Waals surface area (Å²) in [5.41, 5.74) is -4.45. The third-order valence-corrected chi connectivity index (χ3v) is 8.29. The topological polar surface area (TPSA) is 0 Å². The lowest BCUT2D eigenvalue weighted by molar-refractivity contribution is -0.185. The Balaban J connectivity index is 5.84. The normalized spacial score (nSPS) is 18.7. The maximum atomic E-state index is 13.1. The fourth-order valence-electron chi connectivity index (χ4n) is 2.36. The number of alkyl halides is 6. The molecule has 0 radical (unpaired) electrons. The van der Waals surface area contributed by atoms with Crippen LogP contribution in [0.1, 0.15) is 0 Å². The quantitative estimate of drug-likeness (QED) is 0.475. The molecule has 0 saturated heterocycles. The van der Waals surface area contributed by atoms with Crippen LogP contribution in [0.2, 0.25) is 50.4 Å². The fraction of sp³-hybridized carbons (Fsp3) is 1.00. The Morgan fingerprint density at radius 3 is 0.778 bits per heavy atom. The number of hydrogen-bond donors (Lipinski definition) is 0. The third-order valence-electron chi connectivity index (χ3n) is 2.90. The van der Waals surface area contributed by atoms with Gasteiger partial charge in [-0.25, -0.2) is 0 Å². The molecule has 2 atom stereocenters. The number of rotatable bonds is 3. The van der Waals surface area contributed by atoms with Crippen molar-refractivity contribution in [3.05, 3.63) is 0 Å². The van der Waals surface area contributed by atoms with E-state index < -0.39 is 39.6 Å². The van der Waals surface area contributed by atoms with Crippen molar-refractivity contribution in [2.75, 3.05) is 0 Å². The maximum Gasteiger partial charge on any atom is 0.389 e. The highest BCUT2D eigenvalue weighted by atomic mass is 28.3. The molecule has 0 rings (SSSR count). The number of halogens is 6. The van der Waals surface area contributed by atoms with E-state index in [1.807, 2.05) is 0 Å². The van der Waals surface area contributed by atoms with Crippen molar-refractivity contribution in [2.45, 2.75) is 62.7 Å². The predicted molar refractivity (Wildman–Crippen MR) is 66.3 cm³/mol. The highest BCUT2D eigenvalue weighted by Crippen LogP contribution is 2.57. The first kappa shape index (κ1) is 18.0. The molecule has 2 unspecified atom stereocenters. The molecule has 0 aromatic carbocycles. The van der Waals surface area contributed by atoms with Crippen LogP contribution in [-0.4, -0.2) is 28.5 Å². The van der Waals surface area contributed by atoms with E-state index in [0.29, 0.717) is 0 Å². The average Bonchev–Trinajstić information content (AvgIpc) is 1.89. The van der Waals surface area contributed by atoms with Crippen molar-refractivity contribution in [1.82, 2.24) is 0 Å². The minimum atomic E-state index is -4.79. The van der Waals surface area contributed by atoms with Gasteiger partial charge in [0, 0.05) is 0 Å². The van der Waals surface area contributed by atoms with Crippen molar-refractivity contribution in [3.63, 3.8) is 0 Å². The highest BCUT2D eigenvalue weighted by molar-refractivity contribution is 6.83. The SMILES string of the molecule is C[Si](C)(C)C(C(C(F)(F)F)[Si](C)(C)C)C(F)(F)F. The summed E-state index contributed by atoms with van der Waals surface area (Å²) >= 11 is 0. The van der Waals surface area contributed by atoms with Crippen LogP contribution in [0.15, 0.2) is 0 Å². The molecule has 8 heteroatoms. The van der Waals surface area contributed by atoms with Crippen LogP contribution in [0.3, 0.4) is 0 Å². The summed E-state index contributed by atoms with van der Waals surface area (Å²) in [4.78, 5) is 0. The second kappa shape index (κ2) is 4.84. The molecule has 0 aliphatic rings. The van der Waals surface area contributed by atoms with Crippen LogP contribution < -0.4 is 0 Å². The van der Waals surface area contributed by atoms with Gasteiger partial charge in [0.25, 0.3) is 0 Å². The molecular formula is C10H20F6Si2. The lowest BCUT2D eigenvalue weighted by Crippen LogP contribution is -2.52. The van der Waals surface area contributed by atoms with E-state index in [9.17, 15) is 26.3 Å². The van der Waals surface area contributed by atoms with Gasteiger partial charge in [0.2, 0.25) is 0 Å². The smallest absolute Gasteiger partial charge is 0.171 e. The largest absolute Gasteiger partial charge is 0.389 e. The average molecular weight is 310 g/mol. The van der Waals surface area contributed by atoms with Gasteiger partial charge in [0.1, 0.15) is 0 Å². The highest BCUT2D eigenvalue weighted by Gasteiger charge is 2.63. The molecule has 0 amide bonds. The van der Waals surface area contributed by atoms with Crippen molar-refractivity contribution in [2.24, 2.45) is 0 Å². The molecule has 0 heterocycles. The number of hydrogen-bond acceptors (Lipinski definition) is 0. The van der Waals surface area contributed by atoms with Crippen molar-refractivity contribution in [3.8, 4) is 0 Å². The van der Waals surface area contributed by atoms with Crippen LogP contribution in [-0.2, 0) is 0 Å². The summed E-state index contributed by atoms with van der Waals surface area (Å²) in [7, 11) is -6.03. The Morgan fingerprint density at radius 2 is 0.722 bits per heavy atom. The van der Waals surface area contributed by atoms with E-state index in [1.165, 1.54) is 39.3 Å². The van der Waals surface area contributed by atoms with E-state index in [0.717, 1.165) is 0 Å². The summed E-state index contributed by atoms with van der Waals surface area (Å²) < 4.78 is 78.5. The molecule has 0 aliphatic heterocycles. The zero-order valence-corrected chi connectivity index (χ0v) is 13.4. The minimum absolute atomic E-state index is 1.35. The standard InChI is InChI=1S/C10H20F6Si2/c1-17(2,3)7(9(11,12)13)8(10(14,15)16)18(4,5)6/h7-8H,1-6H3. The lowest BCUT2D eigenvalue weighted by Gasteiger charge is -2.43. The van der Waals surface area contributed by atoms with Crippen LogP contribution >= 0.6 is 0 Å². The minimum Gasteiger partial charge on any atom is -0.171 e. The molecule has 0 aromatic heterocycles. The monoisotopic (exact) mass is 310 g/mol. The molecule has 0 aliphatic carbocycles. The maximum absolute atomic E-state index is 13.1. The molecule has 0 N–H and O–H groups in total. The van der Waals surface area contributed by atoms with Gasteiger partial charge >= 0.3 is 12.4 Å². The zero-order chi connectivity index (χ0) is 15.2. The van der Waals surface area contributed by atoms with E-state index in [4.69, 9.17) is 0 Å². The van der Waals surface area contributed by atoms with Gasteiger partial charge in [0.15, 0.2) is 0 Å². The fourth-order valence-corrected chi connectivity index (χ4v) is 9.70. The summed E-state index contributed by atoms with van der Waals surface area (Å²) in [6, 6.07) is 0. The first-order valence-corrected chi connectivity index (χ1v) is 12.8.